The molecule has 104 valence electrons. The molecule has 3 rings (SSSR count). The van der Waals surface area contributed by atoms with Gasteiger partial charge in [-0.25, -0.2) is 8.78 Å². The molecule has 2 saturated heterocycles. The Morgan fingerprint density at radius 2 is 1.95 bits per heavy atom. The zero-order valence-electron chi connectivity index (χ0n) is 11.1. The maximum absolute atomic E-state index is 13.7. The van der Waals surface area contributed by atoms with Crippen molar-refractivity contribution in [1.29, 1.82) is 0 Å². The molecule has 0 amide bonds. The second kappa shape index (κ2) is 5.55. The van der Waals surface area contributed by atoms with Gasteiger partial charge in [-0.3, -0.25) is 9.80 Å². The van der Waals surface area contributed by atoms with E-state index in [4.69, 9.17) is 0 Å². The minimum absolute atomic E-state index is 0.478. The van der Waals surface area contributed by atoms with Gasteiger partial charge in [-0.2, -0.15) is 0 Å². The first-order valence-corrected chi connectivity index (χ1v) is 7.13. The number of benzene rings is 1. The smallest absolute Gasteiger partial charge is 0.163 e. The van der Waals surface area contributed by atoms with Crippen LogP contribution < -0.4 is 0 Å². The molecule has 1 atom stereocenters. The van der Waals surface area contributed by atoms with Gasteiger partial charge in [-0.15, -0.1) is 0 Å². The van der Waals surface area contributed by atoms with E-state index in [1.807, 2.05) is 0 Å². The van der Waals surface area contributed by atoms with E-state index in [0.717, 1.165) is 26.1 Å². The lowest BCUT2D eigenvalue weighted by molar-refractivity contribution is 0.213. The molecule has 1 unspecified atom stereocenters. The molecule has 2 heterocycles. The molecule has 1 aromatic rings. The van der Waals surface area contributed by atoms with Gasteiger partial charge in [0.2, 0.25) is 0 Å². The van der Waals surface area contributed by atoms with Crippen molar-refractivity contribution in [3.8, 4) is 0 Å². The monoisotopic (exact) mass is 266 g/mol. The number of halogens is 2. The van der Waals surface area contributed by atoms with Crippen LogP contribution in [0, 0.1) is 11.6 Å². The topological polar surface area (TPSA) is 6.48 Å². The molecule has 2 aliphatic rings. The average Bonchev–Trinajstić information content (AvgIpc) is 2.74. The first-order valence-electron chi connectivity index (χ1n) is 7.13. The molecule has 0 saturated carbocycles. The van der Waals surface area contributed by atoms with Gasteiger partial charge >= 0.3 is 0 Å². The van der Waals surface area contributed by atoms with E-state index < -0.39 is 11.6 Å². The van der Waals surface area contributed by atoms with E-state index in [9.17, 15) is 8.78 Å². The minimum Gasteiger partial charge on any atom is -0.299 e. The molecule has 0 N–H and O–H groups in total. The maximum atomic E-state index is 13.7. The number of nitrogens with zero attached hydrogens (tertiary/aromatic N) is 2. The zero-order chi connectivity index (χ0) is 13.2. The third kappa shape index (κ3) is 2.79. The fourth-order valence-corrected chi connectivity index (χ4v) is 3.34. The zero-order valence-corrected chi connectivity index (χ0v) is 11.1. The third-order valence-electron chi connectivity index (χ3n) is 4.31. The molecule has 0 bridgehead atoms. The predicted molar refractivity (Wildman–Crippen MR) is 70.8 cm³/mol. The fourth-order valence-electron chi connectivity index (χ4n) is 3.34. The Balaban J connectivity index is 1.70. The van der Waals surface area contributed by atoms with E-state index in [1.165, 1.54) is 25.5 Å². The minimum atomic E-state index is -0.741. The summed E-state index contributed by atoms with van der Waals surface area (Å²) in [5.41, 5.74) is 0.478. The average molecular weight is 266 g/mol. The first kappa shape index (κ1) is 13.0. The standard InChI is InChI=1S/C15H20F2N2/c16-14-6-1-4-12(15(14)17)10-18-7-3-9-19-8-2-5-13(19)11-18/h1,4,6,13H,2-3,5,7-11H2. The van der Waals surface area contributed by atoms with Gasteiger partial charge in [-0.1, -0.05) is 12.1 Å². The van der Waals surface area contributed by atoms with Crippen LogP contribution in [0.15, 0.2) is 18.2 Å². The van der Waals surface area contributed by atoms with Gasteiger partial charge in [0.15, 0.2) is 11.6 Å². The molecule has 0 spiro atoms. The molecule has 0 aromatic heterocycles. The highest BCUT2D eigenvalue weighted by Gasteiger charge is 2.28. The second-order valence-corrected chi connectivity index (χ2v) is 5.63. The van der Waals surface area contributed by atoms with Crippen molar-refractivity contribution in [2.45, 2.75) is 31.8 Å². The Hall–Kier alpha value is -1.00. The summed E-state index contributed by atoms with van der Waals surface area (Å²) in [6.07, 6.45) is 3.63. The summed E-state index contributed by atoms with van der Waals surface area (Å²) >= 11 is 0. The van der Waals surface area contributed by atoms with Crippen LogP contribution in [-0.4, -0.2) is 42.0 Å². The quantitative estimate of drug-likeness (QED) is 0.812. The molecule has 0 radical (unpaired) electrons. The summed E-state index contributed by atoms with van der Waals surface area (Å²) in [5, 5.41) is 0. The van der Waals surface area contributed by atoms with Crippen LogP contribution in [0.5, 0.6) is 0 Å². The highest BCUT2D eigenvalue weighted by Crippen LogP contribution is 2.23. The van der Waals surface area contributed by atoms with E-state index in [0.29, 0.717) is 18.2 Å². The van der Waals surface area contributed by atoms with Crippen molar-refractivity contribution >= 4 is 0 Å². The summed E-state index contributed by atoms with van der Waals surface area (Å²) < 4.78 is 26.9. The van der Waals surface area contributed by atoms with Gasteiger partial charge in [0, 0.05) is 24.7 Å². The number of rotatable bonds is 2. The Morgan fingerprint density at radius 3 is 2.84 bits per heavy atom. The van der Waals surface area contributed by atoms with Gasteiger partial charge < -0.3 is 0 Å². The summed E-state index contributed by atoms with van der Waals surface area (Å²) in [6.45, 7) is 4.83. The van der Waals surface area contributed by atoms with Crippen molar-refractivity contribution < 1.29 is 8.78 Å². The fraction of sp³-hybridized carbons (Fsp3) is 0.600. The van der Waals surface area contributed by atoms with Crippen molar-refractivity contribution in [2.24, 2.45) is 0 Å². The Bertz CT molecular complexity index is 450. The molecule has 2 fully saturated rings. The van der Waals surface area contributed by atoms with Crippen LogP contribution in [-0.2, 0) is 6.54 Å². The van der Waals surface area contributed by atoms with E-state index in [1.54, 1.807) is 12.1 Å². The lowest BCUT2D eigenvalue weighted by Gasteiger charge is -2.25. The van der Waals surface area contributed by atoms with Crippen LogP contribution in [0.25, 0.3) is 0 Å². The Labute approximate surface area is 113 Å². The maximum Gasteiger partial charge on any atom is 0.163 e. The van der Waals surface area contributed by atoms with Crippen molar-refractivity contribution in [1.82, 2.24) is 9.80 Å². The molecule has 0 aliphatic carbocycles. The summed E-state index contributed by atoms with van der Waals surface area (Å²) in [6, 6.07) is 5.07. The number of hydrogen-bond acceptors (Lipinski definition) is 2. The SMILES string of the molecule is Fc1cccc(CN2CCCN3CCCC3C2)c1F. The Kier molecular flexibility index (Phi) is 3.80. The van der Waals surface area contributed by atoms with Crippen molar-refractivity contribution in [2.75, 3.05) is 26.2 Å². The highest BCUT2D eigenvalue weighted by molar-refractivity contribution is 5.18. The predicted octanol–water partition coefficient (Wildman–Crippen LogP) is 2.63. The molecule has 4 heteroatoms. The van der Waals surface area contributed by atoms with Crippen LogP contribution >= 0.6 is 0 Å². The highest BCUT2D eigenvalue weighted by atomic mass is 19.2. The van der Waals surface area contributed by atoms with Crippen molar-refractivity contribution in [3.05, 3.63) is 35.4 Å². The first-order chi connectivity index (χ1) is 9.24. The van der Waals surface area contributed by atoms with Gasteiger partial charge in [0.25, 0.3) is 0 Å². The number of hydrogen-bond donors (Lipinski definition) is 0. The summed E-state index contributed by atoms with van der Waals surface area (Å²) in [5.74, 6) is -1.43. The van der Waals surface area contributed by atoms with Gasteiger partial charge in [-0.05, 0) is 45.0 Å². The van der Waals surface area contributed by atoms with Gasteiger partial charge in [0.05, 0.1) is 0 Å². The summed E-state index contributed by atoms with van der Waals surface area (Å²) in [4.78, 5) is 4.82. The molecule has 1 aromatic carbocycles. The van der Waals surface area contributed by atoms with E-state index in [-0.39, 0.29) is 0 Å². The third-order valence-corrected chi connectivity index (χ3v) is 4.31. The summed E-state index contributed by atoms with van der Waals surface area (Å²) in [7, 11) is 0. The second-order valence-electron chi connectivity index (χ2n) is 5.63. The molecule has 2 nitrogen and oxygen atoms in total. The van der Waals surface area contributed by atoms with E-state index >= 15 is 0 Å². The lowest BCUT2D eigenvalue weighted by atomic mass is 10.1. The Morgan fingerprint density at radius 1 is 1.11 bits per heavy atom. The largest absolute Gasteiger partial charge is 0.299 e. The van der Waals surface area contributed by atoms with Crippen LogP contribution in [0.2, 0.25) is 0 Å². The van der Waals surface area contributed by atoms with Crippen LogP contribution in [0.3, 0.4) is 0 Å². The molecule has 19 heavy (non-hydrogen) atoms. The van der Waals surface area contributed by atoms with E-state index in [2.05, 4.69) is 9.80 Å². The van der Waals surface area contributed by atoms with Gasteiger partial charge in [0.1, 0.15) is 0 Å². The number of fused-ring (bicyclic) bond motifs is 1. The normalized spacial score (nSPS) is 25.3. The molecular weight excluding hydrogens is 246 g/mol. The van der Waals surface area contributed by atoms with Crippen LogP contribution in [0.1, 0.15) is 24.8 Å². The molecule has 2 aliphatic heterocycles. The van der Waals surface area contributed by atoms with Crippen molar-refractivity contribution in [3.63, 3.8) is 0 Å². The lowest BCUT2D eigenvalue weighted by Crippen LogP contribution is -2.36. The van der Waals surface area contributed by atoms with Crippen LogP contribution in [0.4, 0.5) is 8.78 Å². The molecular formula is C15H20F2N2.